The second kappa shape index (κ2) is 4.79. The summed E-state index contributed by atoms with van der Waals surface area (Å²) in [6.45, 7) is 2.72. The Morgan fingerprint density at radius 1 is 1.15 bits per heavy atom. The smallest absolute Gasteiger partial charge is 0.178 e. The van der Waals surface area contributed by atoms with Crippen LogP contribution in [-0.2, 0) is 0 Å². The van der Waals surface area contributed by atoms with Gasteiger partial charge >= 0.3 is 0 Å². The Morgan fingerprint density at radius 2 is 1.80 bits per heavy atom. The first kappa shape index (κ1) is 12.7. The summed E-state index contributed by atoms with van der Waals surface area (Å²) in [5, 5.41) is 13.4. The molecule has 0 aliphatic heterocycles. The number of aromatic nitrogens is 4. The van der Waals surface area contributed by atoms with Crippen molar-refractivity contribution in [3.05, 3.63) is 5.82 Å². The van der Waals surface area contributed by atoms with Gasteiger partial charge in [0.05, 0.1) is 6.04 Å². The Bertz CT molecular complexity index is 450. The highest BCUT2D eigenvalue weighted by Gasteiger charge is 2.50. The second-order valence-corrected chi connectivity index (χ2v) is 7.22. The molecular formula is C15H25N5. The van der Waals surface area contributed by atoms with Crippen molar-refractivity contribution in [1.82, 2.24) is 20.2 Å². The Kier molecular flexibility index (Phi) is 3.05. The quantitative estimate of drug-likeness (QED) is 0.914. The molecule has 0 radical (unpaired) electrons. The Hall–Kier alpha value is -0.970. The Labute approximate surface area is 120 Å². The molecule has 4 bridgehead atoms. The number of tetrazole rings is 1. The molecule has 5 nitrogen and oxygen atoms in total. The zero-order valence-electron chi connectivity index (χ0n) is 12.3. The summed E-state index contributed by atoms with van der Waals surface area (Å²) in [7, 11) is 0. The van der Waals surface area contributed by atoms with E-state index in [0.717, 1.165) is 35.9 Å². The third-order valence-electron chi connectivity index (χ3n) is 6.04. The fourth-order valence-electron chi connectivity index (χ4n) is 5.30. The predicted octanol–water partition coefficient (Wildman–Crippen LogP) is 2.12. The van der Waals surface area contributed by atoms with E-state index < -0.39 is 0 Å². The molecule has 4 saturated carbocycles. The van der Waals surface area contributed by atoms with Crippen LogP contribution < -0.4 is 5.73 Å². The van der Waals surface area contributed by atoms with Crippen molar-refractivity contribution in [2.24, 2.45) is 29.4 Å². The molecule has 5 rings (SSSR count). The van der Waals surface area contributed by atoms with E-state index in [-0.39, 0.29) is 6.04 Å². The maximum Gasteiger partial charge on any atom is 0.178 e. The molecule has 4 aliphatic carbocycles. The maximum atomic E-state index is 5.79. The van der Waals surface area contributed by atoms with E-state index in [9.17, 15) is 0 Å². The molecule has 5 heteroatoms. The average molecular weight is 275 g/mol. The van der Waals surface area contributed by atoms with Crippen LogP contribution in [-0.4, -0.2) is 26.8 Å². The third-order valence-corrected chi connectivity index (χ3v) is 6.04. The van der Waals surface area contributed by atoms with Gasteiger partial charge in [-0.05, 0) is 67.4 Å². The topological polar surface area (TPSA) is 69.6 Å². The van der Waals surface area contributed by atoms with Crippen molar-refractivity contribution in [3.63, 3.8) is 0 Å². The van der Waals surface area contributed by atoms with Gasteiger partial charge in [-0.3, -0.25) is 0 Å². The van der Waals surface area contributed by atoms with Crippen LogP contribution in [0.25, 0.3) is 0 Å². The van der Waals surface area contributed by atoms with Crippen LogP contribution in [0.4, 0.5) is 0 Å². The van der Waals surface area contributed by atoms with E-state index in [4.69, 9.17) is 10.8 Å². The first-order chi connectivity index (χ1) is 9.78. The Balaban J connectivity index is 1.59. The molecule has 1 unspecified atom stereocenters. The normalized spacial score (nSPS) is 40.2. The number of nitrogens with two attached hydrogens (primary N) is 1. The SMILES string of the molecule is CCC(CN)n1nnc(C2C3CC4CC(C3)CC2C4)n1. The lowest BCUT2D eigenvalue weighted by atomic mass is 9.52. The zero-order chi connectivity index (χ0) is 13.7. The zero-order valence-corrected chi connectivity index (χ0v) is 12.3. The van der Waals surface area contributed by atoms with Gasteiger partial charge in [0.1, 0.15) is 0 Å². The molecular weight excluding hydrogens is 250 g/mol. The molecule has 1 heterocycles. The minimum absolute atomic E-state index is 0.202. The standard InChI is InChI=1S/C15H25N5/c1-2-13(8-16)20-18-15(17-19-20)14-11-4-9-3-10(6-11)7-12(14)5-9/h9-14H,2-8,16H2,1H3. The third kappa shape index (κ3) is 1.90. The van der Waals surface area contributed by atoms with Crippen LogP contribution in [0.1, 0.15) is 63.2 Å². The summed E-state index contributed by atoms with van der Waals surface area (Å²) < 4.78 is 0. The lowest BCUT2D eigenvalue weighted by molar-refractivity contribution is -0.00579. The van der Waals surface area contributed by atoms with Gasteiger partial charge in [-0.1, -0.05) is 6.92 Å². The van der Waals surface area contributed by atoms with E-state index in [1.165, 1.54) is 32.1 Å². The van der Waals surface area contributed by atoms with Gasteiger partial charge in [0.25, 0.3) is 0 Å². The first-order valence-corrected chi connectivity index (χ1v) is 8.28. The van der Waals surface area contributed by atoms with Crippen molar-refractivity contribution < 1.29 is 0 Å². The minimum Gasteiger partial charge on any atom is -0.328 e. The van der Waals surface area contributed by atoms with Gasteiger partial charge in [-0.2, -0.15) is 4.80 Å². The number of hydrogen-bond acceptors (Lipinski definition) is 4. The predicted molar refractivity (Wildman–Crippen MR) is 76.0 cm³/mol. The van der Waals surface area contributed by atoms with Gasteiger partial charge in [0.15, 0.2) is 5.82 Å². The number of nitrogens with zero attached hydrogens (tertiary/aromatic N) is 4. The van der Waals surface area contributed by atoms with Crippen molar-refractivity contribution in [2.75, 3.05) is 6.54 Å². The van der Waals surface area contributed by atoms with Crippen LogP contribution in [0.15, 0.2) is 0 Å². The van der Waals surface area contributed by atoms with Crippen LogP contribution in [0.3, 0.4) is 0 Å². The summed E-state index contributed by atoms with van der Waals surface area (Å²) in [6.07, 6.45) is 8.07. The monoisotopic (exact) mass is 275 g/mol. The summed E-state index contributed by atoms with van der Waals surface area (Å²) in [4.78, 5) is 1.76. The maximum absolute atomic E-state index is 5.79. The first-order valence-electron chi connectivity index (χ1n) is 8.28. The summed E-state index contributed by atoms with van der Waals surface area (Å²) >= 11 is 0. The van der Waals surface area contributed by atoms with Crippen molar-refractivity contribution >= 4 is 0 Å². The lowest BCUT2D eigenvalue weighted by Crippen LogP contribution is -2.44. The second-order valence-electron chi connectivity index (χ2n) is 7.22. The summed E-state index contributed by atoms with van der Waals surface area (Å²) in [5.74, 6) is 5.22. The fraction of sp³-hybridized carbons (Fsp3) is 0.933. The average Bonchev–Trinajstić information content (AvgIpc) is 2.88. The van der Waals surface area contributed by atoms with Crippen LogP contribution >= 0.6 is 0 Å². The molecule has 1 aromatic heterocycles. The highest BCUT2D eigenvalue weighted by molar-refractivity contribution is 5.09. The van der Waals surface area contributed by atoms with Crippen molar-refractivity contribution in [2.45, 2.75) is 57.4 Å². The summed E-state index contributed by atoms with van der Waals surface area (Å²) in [5.41, 5.74) is 5.79. The highest BCUT2D eigenvalue weighted by Crippen LogP contribution is 2.59. The molecule has 2 N–H and O–H groups in total. The van der Waals surface area contributed by atoms with Gasteiger partial charge in [0, 0.05) is 12.5 Å². The Morgan fingerprint density at radius 3 is 2.35 bits per heavy atom. The number of hydrogen-bond donors (Lipinski definition) is 1. The molecule has 4 fully saturated rings. The van der Waals surface area contributed by atoms with E-state index in [1.807, 2.05) is 0 Å². The van der Waals surface area contributed by atoms with E-state index in [0.29, 0.717) is 12.5 Å². The van der Waals surface area contributed by atoms with E-state index in [2.05, 4.69) is 17.2 Å². The van der Waals surface area contributed by atoms with E-state index >= 15 is 0 Å². The van der Waals surface area contributed by atoms with Crippen LogP contribution in [0.2, 0.25) is 0 Å². The van der Waals surface area contributed by atoms with Gasteiger partial charge in [0.2, 0.25) is 0 Å². The molecule has 1 atom stereocenters. The summed E-state index contributed by atoms with van der Waals surface area (Å²) in [6, 6.07) is 0.202. The van der Waals surface area contributed by atoms with Crippen molar-refractivity contribution in [3.8, 4) is 0 Å². The van der Waals surface area contributed by atoms with Gasteiger partial charge in [-0.15, -0.1) is 10.2 Å². The highest BCUT2D eigenvalue weighted by atomic mass is 15.6. The molecule has 0 spiro atoms. The van der Waals surface area contributed by atoms with Crippen molar-refractivity contribution in [1.29, 1.82) is 0 Å². The van der Waals surface area contributed by atoms with Gasteiger partial charge < -0.3 is 5.73 Å². The minimum atomic E-state index is 0.202. The molecule has 0 amide bonds. The molecule has 0 aromatic carbocycles. The van der Waals surface area contributed by atoms with Gasteiger partial charge in [-0.25, -0.2) is 0 Å². The molecule has 1 aromatic rings. The van der Waals surface area contributed by atoms with Crippen LogP contribution in [0, 0.1) is 23.7 Å². The van der Waals surface area contributed by atoms with Crippen LogP contribution in [0.5, 0.6) is 0 Å². The largest absolute Gasteiger partial charge is 0.328 e. The molecule has 20 heavy (non-hydrogen) atoms. The fourth-order valence-corrected chi connectivity index (χ4v) is 5.30. The molecule has 110 valence electrons. The lowest BCUT2D eigenvalue weighted by Gasteiger charge is -2.53. The van der Waals surface area contributed by atoms with E-state index in [1.54, 1.807) is 4.80 Å². The number of rotatable bonds is 4. The molecule has 4 aliphatic rings. The molecule has 0 saturated heterocycles.